The van der Waals surface area contributed by atoms with Crippen molar-refractivity contribution in [1.82, 2.24) is 5.32 Å². The van der Waals surface area contributed by atoms with Gasteiger partial charge in [0.05, 0.1) is 6.04 Å². The van der Waals surface area contributed by atoms with Crippen molar-refractivity contribution in [3.63, 3.8) is 0 Å². The van der Waals surface area contributed by atoms with Crippen molar-refractivity contribution < 1.29 is 4.79 Å². The zero-order chi connectivity index (χ0) is 12.9. The summed E-state index contributed by atoms with van der Waals surface area (Å²) in [5.74, 6) is -0.00422. The van der Waals surface area contributed by atoms with Crippen LogP contribution in [0.5, 0.6) is 0 Å². The Kier molecular flexibility index (Phi) is 11.5. The monoisotopic (exact) mass is 242 g/mol. The lowest BCUT2D eigenvalue weighted by molar-refractivity contribution is -0.122. The fourth-order valence-corrected chi connectivity index (χ4v) is 1.79. The lowest BCUT2D eigenvalue weighted by Crippen LogP contribution is -2.40. The molecule has 0 saturated heterocycles. The molecule has 0 spiro atoms. The van der Waals surface area contributed by atoms with E-state index in [-0.39, 0.29) is 11.9 Å². The molecule has 0 bridgehead atoms. The van der Waals surface area contributed by atoms with Gasteiger partial charge in [0.15, 0.2) is 0 Å². The van der Waals surface area contributed by atoms with Gasteiger partial charge in [-0.2, -0.15) is 0 Å². The van der Waals surface area contributed by atoms with Crippen molar-refractivity contribution >= 4 is 5.91 Å². The Hall–Kier alpha value is -0.570. The molecular weight excluding hydrogens is 212 g/mol. The smallest absolute Gasteiger partial charge is 0.236 e. The van der Waals surface area contributed by atoms with Crippen molar-refractivity contribution in [1.29, 1.82) is 0 Å². The fourth-order valence-electron chi connectivity index (χ4n) is 1.79. The Morgan fingerprint density at radius 1 is 1.00 bits per heavy atom. The highest BCUT2D eigenvalue weighted by Crippen LogP contribution is 2.07. The number of amides is 1. The molecule has 0 rings (SSSR count). The Bertz CT molecular complexity index is 183. The number of carbonyl (C=O) groups excluding carboxylic acids is 1. The van der Waals surface area contributed by atoms with E-state index in [4.69, 9.17) is 5.73 Å². The van der Waals surface area contributed by atoms with E-state index in [1.165, 1.54) is 44.9 Å². The molecule has 3 nitrogen and oxygen atoms in total. The third kappa shape index (κ3) is 10.3. The van der Waals surface area contributed by atoms with Crippen molar-refractivity contribution in [2.45, 2.75) is 77.7 Å². The minimum absolute atomic E-state index is 0.00422. The molecular formula is C14H30N2O. The Balaban J connectivity index is 3.16. The van der Waals surface area contributed by atoms with Crippen LogP contribution >= 0.6 is 0 Å². The molecule has 3 N–H and O–H groups in total. The third-order valence-corrected chi connectivity index (χ3v) is 3.11. The molecule has 0 aliphatic carbocycles. The number of hydrogen-bond donors (Lipinski definition) is 2. The van der Waals surface area contributed by atoms with E-state index in [0.717, 1.165) is 13.0 Å². The molecule has 0 aliphatic heterocycles. The maximum Gasteiger partial charge on any atom is 0.236 e. The van der Waals surface area contributed by atoms with Gasteiger partial charge in [0, 0.05) is 6.54 Å². The van der Waals surface area contributed by atoms with E-state index in [9.17, 15) is 4.79 Å². The molecule has 0 fully saturated rings. The van der Waals surface area contributed by atoms with Crippen LogP contribution in [0.2, 0.25) is 0 Å². The topological polar surface area (TPSA) is 55.1 Å². The van der Waals surface area contributed by atoms with E-state index in [1.54, 1.807) is 0 Å². The predicted molar refractivity (Wildman–Crippen MR) is 73.9 cm³/mol. The molecule has 0 heterocycles. The predicted octanol–water partition coefficient (Wildman–Crippen LogP) is 2.98. The average Bonchev–Trinajstić information content (AvgIpc) is 2.35. The molecule has 1 atom stereocenters. The molecule has 0 aromatic rings. The van der Waals surface area contributed by atoms with Crippen LogP contribution in [0.25, 0.3) is 0 Å². The van der Waals surface area contributed by atoms with Crippen LogP contribution in [0.4, 0.5) is 0 Å². The van der Waals surface area contributed by atoms with Gasteiger partial charge < -0.3 is 11.1 Å². The van der Waals surface area contributed by atoms with Crippen molar-refractivity contribution in [3.8, 4) is 0 Å². The first-order valence-electron chi connectivity index (χ1n) is 7.25. The summed E-state index contributed by atoms with van der Waals surface area (Å²) in [5, 5.41) is 2.88. The zero-order valence-corrected chi connectivity index (χ0v) is 11.6. The Morgan fingerprint density at radius 2 is 1.53 bits per heavy atom. The van der Waals surface area contributed by atoms with Crippen LogP contribution in [0, 0.1) is 0 Å². The summed E-state index contributed by atoms with van der Waals surface area (Å²) in [6.45, 7) is 4.95. The van der Waals surface area contributed by atoms with E-state index in [0.29, 0.717) is 6.42 Å². The molecule has 1 amide bonds. The SMILES string of the molecule is CCCCCCCCCCNC(=O)[C@H](N)CC. The Morgan fingerprint density at radius 3 is 2.06 bits per heavy atom. The summed E-state index contributed by atoms with van der Waals surface area (Å²) in [4.78, 5) is 11.3. The number of carbonyl (C=O) groups is 1. The summed E-state index contributed by atoms with van der Waals surface area (Å²) in [5.41, 5.74) is 5.61. The number of hydrogen-bond acceptors (Lipinski definition) is 2. The fraction of sp³-hybridized carbons (Fsp3) is 0.929. The molecule has 17 heavy (non-hydrogen) atoms. The normalized spacial score (nSPS) is 12.4. The lowest BCUT2D eigenvalue weighted by Gasteiger charge is -2.09. The summed E-state index contributed by atoms with van der Waals surface area (Å²) in [7, 11) is 0. The van der Waals surface area contributed by atoms with Crippen molar-refractivity contribution in [2.24, 2.45) is 5.73 Å². The molecule has 0 aliphatic rings. The van der Waals surface area contributed by atoms with Gasteiger partial charge in [-0.05, 0) is 12.8 Å². The van der Waals surface area contributed by atoms with Crippen molar-refractivity contribution in [3.05, 3.63) is 0 Å². The first-order chi connectivity index (χ1) is 8.22. The lowest BCUT2D eigenvalue weighted by atomic mass is 10.1. The largest absolute Gasteiger partial charge is 0.355 e. The maximum absolute atomic E-state index is 11.3. The maximum atomic E-state index is 11.3. The van der Waals surface area contributed by atoms with Crippen LogP contribution in [0.15, 0.2) is 0 Å². The summed E-state index contributed by atoms with van der Waals surface area (Å²) >= 11 is 0. The van der Waals surface area contributed by atoms with E-state index in [1.807, 2.05) is 6.92 Å². The Labute approximate surface area is 107 Å². The molecule has 0 aromatic heterocycles. The summed E-state index contributed by atoms with van der Waals surface area (Å²) < 4.78 is 0. The highest BCUT2D eigenvalue weighted by atomic mass is 16.2. The highest BCUT2D eigenvalue weighted by molar-refractivity contribution is 5.81. The number of nitrogens with two attached hydrogens (primary N) is 1. The first-order valence-corrected chi connectivity index (χ1v) is 7.25. The minimum Gasteiger partial charge on any atom is -0.355 e. The van der Waals surface area contributed by atoms with Gasteiger partial charge >= 0.3 is 0 Å². The summed E-state index contributed by atoms with van der Waals surface area (Å²) in [6, 6.07) is -0.330. The molecule has 0 unspecified atom stereocenters. The molecule has 102 valence electrons. The van der Waals surface area contributed by atoms with Crippen LogP contribution in [-0.4, -0.2) is 18.5 Å². The third-order valence-electron chi connectivity index (χ3n) is 3.11. The van der Waals surface area contributed by atoms with Crippen LogP contribution in [0.3, 0.4) is 0 Å². The van der Waals surface area contributed by atoms with E-state index < -0.39 is 0 Å². The van der Waals surface area contributed by atoms with E-state index in [2.05, 4.69) is 12.2 Å². The van der Waals surface area contributed by atoms with Gasteiger partial charge in [0.2, 0.25) is 5.91 Å². The second-order valence-electron chi connectivity index (χ2n) is 4.78. The molecule has 0 radical (unpaired) electrons. The second-order valence-corrected chi connectivity index (χ2v) is 4.78. The van der Waals surface area contributed by atoms with Crippen LogP contribution in [0.1, 0.15) is 71.6 Å². The van der Waals surface area contributed by atoms with Gasteiger partial charge in [0.25, 0.3) is 0 Å². The van der Waals surface area contributed by atoms with E-state index >= 15 is 0 Å². The average molecular weight is 242 g/mol. The van der Waals surface area contributed by atoms with Gasteiger partial charge in [-0.25, -0.2) is 0 Å². The molecule has 0 aromatic carbocycles. The van der Waals surface area contributed by atoms with Gasteiger partial charge in [-0.3, -0.25) is 4.79 Å². The minimum atomic E-state index is -0.330. The zero-order valence-electron chi connectivity index (χ0n) is 11.6. The number of unbranched alkanes of at least 4 members (excludes halogenated alkanes) is 7. The second kappa shape index (κ2) is 11.9. The molecule has 0 saturated carbocycles. The van der Waals surface area contributed by atoms with Gasteiger partial charge in [-0.15, -0.1) is 0 Å². The van der Waals surface area contributed by atoms with Gasteiger partial charge in [0.1, 0.15) is 0 Å². The summed E-state index contributed by atoms with van der Waals surface area (Å²) in [6.07, 6.45) is 11.0. The van der Waals surface area contributed by atoms with Crippen LogP contribution in [-0.2, 0) is 4.79 Å². The van der Waals surface area contributed by atoms with Gasteiger partial charge in [-0.1, -0.05) is 58.8 Å². The van der Waals surface area contributed by atoms with Crippen LogP contribution < -0.4 is 11.1 Å². The molecule has 3 heteroatoms. The van der Waals surface area contributed by atoms with Crippen molar-refractivity contribution in [2.75, 3.05) is 6.54 Å². The first kappa shape index (κ1) is 16.4. The quantitative estimate of drug-likeness (QED) is 0.547. The number of nitrogens with one attached hydrogen (secondary N) is 1. The number of rotatable bonds is 11. The standard InChI is InChI=1S/C14H30N2O/c1-3-5-6-7-8-9-10-11-12-16-14(17)13(15)4-2/h13H,3-12,15H2,1-2H3,(H,16,17)/t13-/m1/s1. The highest BCUT2D eigenvalue weighted by Gasteiger charge is 2.08.